The highest BCUT2D eigenvalue weighted by molar-refractivity contribution is 5.30. The lowest BCUT2D eigenvalue weighted by molar-refractivity contribution is 0.0106. The summed E-state index contributed by atoms with van der Waals surface area (Å²) in [4.78, 5) is 0. The lowest BCUT2D eigenvalue weighted by Crippen LogP contribution is -2.29. The van der Waals surface area contributed by atoms with Gasteiger partial charge in [-0.05, 0) is 5.56 Å². The van der Waals surface area contributed by atoms with Crippen LogP contribution in [0.15, 0.2) is 30.3 Å². The molecular formula is C11H12O2. The van der Waals surface area contributed by atoms with Gasteiger partial charge in [-0.2, -0.15) is 0 Å². The molecule has 1 unspecified atom stereocenters. The Morgan fingerprint density at radius 3 is 2.54 bits per heavy atom. The van der Waals surface area contributed by atoms with Crippen molar-refractivity contribution in [2.24, 2.45) is 0 Å². The number of benzene rings is 1. The largest absolute Gasteiger partial charge is 0.380 e. The van der Waals surface area contributed by atoms with Crippen LogP contribution in [0.2, 0.25) is 0 Å². The lowest BCUT2D eigenvalue weighted by atomic mass is 9.96. The first-order chi connectivity index (χ1) is 6.23. The van der Waals surface area contributed by atoms with E-state index in [1.165, 1.54) is 7.11 Å². The molecule has 1 rings (SSSR count). The van der Waals surface area contributed by atoms with Crippen LogP contribution in [0, 0.1) is 12.3 Å². The molecular weight excluding hydrogens is 164 g/mol. The van der Waals surface area contributed by atoms with Gasteiger partial charge in [0.2, 0.25) is 0 Å². The molecule has 13 heavy (non-hydrogen) atoms. The second-order valence-electron chi connectivity index (χ2n) is 2.80. The summed E-state index contributed by atoms with van der Waals surface area (Å²) in [5, 5.41) is 9.93. The average molecular weight is 176 g/mol. The van der Waals surface area contributed by atoms with Gasteiger partial charge in [0.1, 0.15) is 0 Å². The summed E-state index contributed by atoms with van der Waals surface area (Å²) in [6.07, 6.45) is 5.25. The van der Waals surface area contributed by atoms with Gasteiger partial charge in [0, 0.05) is 7.11 Å². The zero-order valence-electron chi connectivity index (χ0n) is 7.53. The molecule has 0 saturated carbocycles. The maximum Gasteiger partial charge on any atom is 0.174 e. The fourth-order valence-corrected chi connectivity index (χ4v) is 1.13. The van der Waals surface area contributed by atoms with Crippen molar-refractivity contribution >= 4 is 0 Å². The standard InChI is InChI=1S/C11H12O2/c1-3-11(12,9-13-2)10-7-5-4-6-8-10/h1,4-8,12H,9H2,2H3. The third kappa shape index (κ3) is 2.09. The van der Waals surface area contributed by atoms with Gasteiger partial charge in [-0.3, -0.25) is 0 Å². The van der Waals surface area contributed by atoms with Gasteiger partial charge in [-0.1, -0.05) is 36.3 Å². The summed E-state index contributed by atoms with van der Waals surface area (Å²) in [5.74, 6) is 2.33. The SMILES string of the molecule is C#CC(O)(COC)c1ccccc1. The number of methoxy groups -OCH3 is 1. The highest BCUT2D eigenvalue weighted by atomic mass is 16.5. The molecule has 1 N–H and O–H groups in total. The maximum atomic E-state index is 9.93. The molecule has 0 aliphatic rings. The van der Waals surface area contributed by atoms with E-state index in [1.54, 1.807) is 12.1 Å². The van der Waals surface area contributed by atoms with Gasteiger partial charge in [0.25, 0.3) is 0 Å². The van der Waals surface area contributed by atoms with Gasteiger partial charge in [0.15, 0.2) is 5.60 Å². The van der Waals surface area contributed by atoms with E-state index in [0.29, 0.717) is 5.56 Å². The molecule has 2 nitrogen and oxygen atoms in total. The fraction of sp³-hybridized carbons (Fsp3) is 0.273. The summed E-state index contributed by atoms with van der Waals surface area (Å²) >= 11 is 0. The molecule has 1 aromatic carbocycles. The number of terminal acetylenes is 1. The van der Waals surface area contributed by atoms with Crippen molar-refractivity contribution in [3.63, 3.8) is 0 Å². The molecule has 0 amide bonds. The summed E-state index contributed by atoms with van der Waals surface area (Å²) in [7, 11) is 1.51. The highest BCUT2D eigenvalue weighted by Gasteiger charge is 2.25. The second-order valence-corrected chi connectivity index (χ2v) is 2.80. The summed E-state index contributed by atoms with van der Waals surface area (Å²) in [6, 6.07) is 9.08. The van der Waals surface area contributed by atoms with Crippen molar-refractivity contribution in [2.75, 3.05) is 13.7 Å². The molecule has 0 aromatic heterocycles. The number of hydrogen-bond donors (Lipinski definition) is 1. The molecule has 1 aromatic rings. The Morgan fingerprint density at radius 2 is 2.08 bits per heavy atom. The summed E-state index contributed by atoms with van der Waals surface area (Å²) in [6.45, 7) is 0.105. The van der Waals surface area contributed by atoms with E-state index in [9.17, 15) is 5.11 Å². The molecule has 0 aliphatic carbocycles. The molecule has 0 aliphatic heterocycles. The first kappa shape index (κ1) is 9.79. The summed E-state index contributed by atoms with van der Waals surface area (Å²) in [5.41, 5.74) is -0.630. The molecule has 0 bridgehead atoms. The fourth-order valence-electron chi connectivity index (χ4n) is 1.13. The maximum absolute atomic E-state index is 9.93. The Balaban J connectivity index is 2.98. The van der Waals surface area contributed by atoms with Crippen LogP contribution in [-0.4, -0.2) is 18.8 Å². The highest BCUT2D eigenvalue weighted by Crippen LogP contribution is 2.19. The number of ether oxygens (including phenoxy) is 1. The van der Waals surface area contributed by atoms with Crippen molar-refractivity contribution < 1.29 is 9.84 Å². The van der Waals surface area contributed by atoms with Crippen LogP contribution in [-0.2, 0) is 10.3 Å². The average Bonchev–Trinajstić information content (AvgIpc) is 2.19. The first-order valence-electron chi connectivity index (χ1n) is 3.97. The molecule has 0 saturated heterocycles. The molecule has 0 heterocycles. The van der Waals surface area contributed by atoms with E-state index >= 15 is 0 Å². The van der Waals surface area contributed by atoms with Crippen LogP contribution < -0.4 is 0 Å². The third-order valence-electron chi connectivity index (χ3n) is 1.84. The predicted molar refractivity (Wildman–Crippen MR) is 51.0 cm³/mol. The second kappa shape index (κ2) is 4.08. The summed E-state index contributed by atoms with van der Waals surface area (Å²) < 4.78 is 4.86. The van der Waals surface area contributed by atoms with Crippen molar-refractivity contribution in [1.29, 1.82) is 0 Å². The lowest BCUT2D eigenvalue weighted by Gasteiger charge is -2.21. The first-order valence-corrected chi connectivity index (χ1v) is 3.97. The van der Waals surface area contributed by atoms with Crippen molar-refractivity contribution in [3.05, 3.63) is 35.9 Å². The van der Waals surface area contributed by atoms with Gasteiger partial charge in [0.05, 0.1) is 6.61 Å². The number of rotatable bonds is 3. The topological polar surface area (TPSA) is 29.5 Å². The van der Waals surface area contributed by atoms with Crippen molar-refractivity contribution in [3.8, 4) is 12.3 Å². The van der Waals surface area contributed by atoms with Crippen LogP contribution in [0.5, 0.6) is 0 Å². The molecule has 0 radical (unpaired) electrons. The predicted octanol–water partition coefficient (Wildman–Crippen LogP) is 1.15. The van der Waals surface area contributed by atoms with Crippen LogP contribution in [0.1, 0.15) is 5.56 Å². The molecule has 2 heteroatoms. The van der Waals surface area contributed by atoms with Crippen LogP contribution >= 0.6 is 0 Å². The molecule has 0 fully saturated rings. The van der Waals surface area contributed by atoms with Gasteiger partial charge in [-0.25, -0.2) is 0 Å². The van der Waals surface area contributed by atoms with Crippen LogP contribution in [0.25, 0.3) is 0 Å². The van der Waals surface area contributed by atoms with E-state index in [0.717, 1.165) is 0 Å². The quantitative estimate of drug-likeness (QED) is 0.700. The van der Waals surface area contributed by atoms with Gasteiger partial charge >= 0.3 is 0 Å². The van der Waals surface area contributed by atoms with Crippen molar-refractivity contribution in [2.45, 2.75) is 5.60 Å². The Kier molecular flexibility index (Phi) is 3.07. The van der Waals surface area contributed by atoms with Gasteiger partial charge in [-0.15, -0.1) is 6.42 Å². The molecule has 0 spiro atoms. The Hall–Kier alpha value is -1.30. The van der Waals surface area contributed by atoms with E-state index in [-0.39, 0.29) is 6.61 Å². The smallest absolute Gasteiger partial charge is 0.174 e. The number of aliphatic hydroxyl groups is 1. The molecule has 1 atom stereocenters. The minimum Gasteiger partial charge on any atom is -0.380 e. The monoisotopic (exact) mass is 176 g/mol. The minimum atomic E-state index is -1.31. The Bertz CT molecular complexity index is 300. The molecule has 68 valence electrons. The Morgan fingerprint density at radius 1 is 1.46 bits per heavy atom. The van der Waals surface area contributed by atoms with E-state index < -0.39 is 5.60 Å². The minimum absolute atomic E-state index is 0.105. The number of hydrogen-bond acceptors (Lipinski definition) is 2. The zero-order chi connectivity index (χ0) is 9.73. The van der Waals surface area contributed by atoms with Crippen molar-refractivity contribution in [1.82, 2.24) is 0 Å². The van der Waals surface area contributed by atoms with Crippen LogP contribution in [0.3, 0.4) is 0 Å². The van der Waals surface area contributed by atoms with E-state index in [2.05, 4.69) is 5.92 Å². The van der Waals surface area contributed by atoms with E-state index in [4.69, 9.17) is 11.2 Å². The third-order valence-corrected chi connectivity index (χ3v) is 1.84. The van der Waals surface area contributed by atoms with Crippen LogP contribution in [0.4, 0.5) is 0 Å². The normalized spacial score (nSPS) is 14.5. The van der Waals surface area contributed by atoms with Gasteiger partial charge < -0.3 is 9.84 Å². The van der Waals surface area contributed by atoms with E-state index in [1.807, 2.05) is 18.2 Å². The Labute approximate surface area is 78.2 Å². The zero-order valence-corrected chi connectivity index (χ0v) is 7.53.